The normalized spacial score (nSPS) is 34.2. The lowest BCUT2D eigenvalue weighted by Gasteiger charge is -2.60. The van der Waals surface area contributed by atoms with Gasteiger partial charge in [0.1, 0.15) is 0 Å². The Morgan fingerprint density at radius 2 is 1.84 bits per heavy atom. The summed E-state index contributed by atoms with van der Waals surface area (Å²) in [5.74, 6) is 0.448. The zero-order valence-corrected chi connectivity index (χ0v) is 20.7. The first-order valence-corrected chi connectivity index (χ1v) is 12.4. The largest absolute Gasteiger partial charge is 0.340 e. The van der Waals surface area contributed by atoms with Gasteiger partial charge in [-0.05, 0) is 75.0 Å². The van der Waals surface area contributed by atoms with Crippen molar-refractivity contribution in [3.63, 3.8) is 0 Å². The summed E-state index contributed by atoms with van der Waals surface area (Å²) in [6.07, 6.45) is 6.27. The molecule has 0 aromatic heterocycles. The van der Waals surface area contributed by atoms with Crippen LogP contribution in [0.3, 0.4) is 0 Å². The minimum Gasteiger partial charge on any atom is -0.340 e. The van der Waals surface area contributed by atoms with Gasteiger partial charge in [0.05, 0.1) is 0 Å². The molecule has 5 atom stereocenters. The van der Waals surface area contributed by atoms with Crippen LogP contribution in [-0.4, -0.2) is 46.8 Å². The number of carbonyl (C=O) groups excluding carboxylic acids is 2. The lowest BCUT2D eigenvalue weighted by atomic mass is 9.62. The summed E-state index contributed by atoms with van der Waals surface area (Å²) in [5, 5.41) is 0.772. The van der Waals surface area contributed by atoms with Gasteiger partial charge in [0.2, 0.25) is 11.8 Å². The van der Waals surface area contributed by atoms with Crippen LogP contribution in [0.15, 0.2) is 36.9 Å². The fourth-order valence-electron chi connectivity index (χ4n) is 6.63. The zero-order valence-electron chi connectivity index (χ0n) is 19.9. The molecule has 4 rings (SSSR count). The minimum atomic E-state index is -0.0166. The Balaban J connectivity index is 1.51. The third kappa shape index (κ3) is 4.00. The van der Waals surface area contributed by atoms with Gasteiger partial charge in [-0.1, -0.05) is 50.2 Å². The van der Waals surface area contributed by atoms with Crippen molar-refractivity contribution in [3.8, 4) is 0 Å². The molecule has 2 amide bonds. The molecule has 1 aliphatic carbocycles. The molecule has 2 heterocycles. The zero-order chi connectivity index (χ0) is 23.3. The average molecular weight is 457 g/mol. The predicted octanol–water partition coefficient (Wildman–Crippen LogP) is 5.66. The SMILES string of the molecule is C=CC(=O)N1C[C@]2(CCN(C(=O)[C@H]3CCC(C)(C)C[C@@H]3c3ccccc3Cl)[C@@H](C)C2)[C@@H]1C. The molecule has 1 aromatic rings. The summed E-state index contributed by atoms with van der Waals surface area (Å²) in [6, 6.07) is 8.43. The van der Waals surface area contributed by atoms with Crippen molar-refractivity contribution in [2.75, 3.05) is 13.1 Å². The van der Waals surface area contributed by atoms with Crippen LogP contribution >= 0.6 is 11.6 Å². The fraction of sp³-hybridized carbons (Fsp3) is 0.630. The van der Waals surface area contributed by atoms with E-state index in [0.717, 1.165) is 55.8 Å². The van der Waals surface area contributed by atoms with Gasteiger partial charge in [-0.25, -0.2) is 0 Å². The lowest BCUT2D eigenvalue weighted by molar-refractivity contribution is -0.164. The Hall–Kier alpha value is -1.81. The van der Waals surface area contributed by atoms with Crippen LogP contribution in [-0.2, 0) is 9.59 Å². The van der Waals surface area contributed by atoms with Gasteiger partial charge in [0.15, 0.2) is 0 Å². The van der Waals surface area contributed by atoms with Gasteiger partial charge in [-0.15, -0.1) is 0 Å². The molecule has 2 aliphatic heterocycles. The van der Waals surface area contributed by atoms with Crippen molar-refractivity contribution in [1.29, 1.82) is 0 Å². The van der Waals surface area contributed by atoms with E-state index >= 15 is 0 Å². The molecular formula is C27H37ClN2O2. The molecular weight excluding hydrogens is 420 g/mol. The second kappa shape index (κ2) is 8.52. The van der Waals surface area contributed by atoms with Crippen LogP contribution in [0, 0.1) is 16.7 Å². The highest BCUT2D eigenvalue weighted by molar-refractivity contribution is 6.31. The van der Waals surface area contributed by atoms with Gasteiger partial charge in [0.25, 0.3) is 0 Å². The van der Waals surface area contributed by atoms with Crippen LogP contribution in [0.5, 0.6) is 0 Å². The Morgan fingerprint density at radius 1 is 1.12 bits per heavy atom. The van der Waals surface area contributed by atoms with E-state index in [1.54, 1.807) is 0 Å². The van der Waals surface area contributed by atoms with Crippen molar-refractivity contribution >= 4 is 23.4 Å². The minimum absolute atomic E-state index is 0.0154. The molecule has 4 nitrogen and oxygen atoms in total. The number of piperidine rings is 1. The third-order valence-corrected chi connectivity index (χ3v) is 9.02. The Morgan fingerprint density at radius 3 is 2.47 bits per heavy atom. The summed E-state index contributed by atoms with van der Waals surface area (Å²) in [6.45, 7) is 14.1. The number of amides is 2. The summed E-state index contributed by atoms with van der Waals surface area (Å²) >= 11 is 6.60. The van der Waals surface area contributed by atoms with Gasteiger partial charge in [-0.2, -0.15) is 0 Å². The van der Waals surface area contributed by atoms with Crippen LogP contribution < -0.4 is 0 Å². The first-order valence-electron chi connectivity index (χ1n) is 12.1. The van der Waals surface area contributed by atoms with E-state index in [2.05, 4.69) is 45.2 Å². The van der Waals surface area contributed by atoms with E-state index in [1.165, 1.54) is 6.08 Å². The standard InChI is InChI=1S/C27H37ClN2O2/c1-6-24(31)30-17-27(19(30)3)13-14-29(18(2)15-27)25(32)21-11-12-26(4,5)16-22(21)20-9-7-8-10-23(20)28/h6-10,18-19,21-22H,1,11-17H2,2-5H3/t18-,19-,21-,22+,27+/m0/s1. The molecule has 1 spiro atoms. The van der Waals surface area contributed by atoms with E-state index in [0.29, 0.717) is 5.91 Å². The number of rotatable bonds is 3. The number of hydrogen-bond acceptors (Lipinski definition) is 2. The highest BCUT2D eigenvalue weighted by Gasteiger charge is 2.55. The van der Waals surface area contributed by atoms with E-state index in [4.69, 9.17) is 11.6 Å². The van der Waals surface area contributed by atoms with Crippen molar-refractivity contribution in [2.24, 2.45) is 16.7 Å². The van der Waals surface area contributed by atoms with Crippen LogP contribution in [0.1, 0.15) is 71.3 Å². The first-order chi connectivity index (χ1) is 15.1. The van der Waals surface area contributed by atoms with Gasteiger partial charge in [0, 0.05) is 41.5 Å². The highest BCUT2D eigenvalue weighted by Crippen LogP contribution is 2.51. The maximum atomic E-state index is 13.9. The maximum absolute atomic E-state index is 13.9. The van der Waals surface area contributed by atoms with Crippen molar-refractivity contribution < 1.29 is 9.59 Å². The van der Waals surface area contributed by atoms with E-state index in [-0.39, 0.29) is 40.7 Å². The number of nitrogens with zero attached hydrogens (tertiary/aromatic N) is 2. The Labute approximate surface area is 198 Å². The van der Waals surface area contributed by atoms with E-state index in [1.807, 2.05) is 23.1 Å². The monoisotopic (exact) mass is 456 g/mol. The molecule has 3 aliphatic rings. The molecule has 0 N–H and O–H groups in total. The second-order valence-electron chi connectivity index (χ2n) is 11.2. The quantitative estimate of drug-likeness (QED) is 0.550. The summed E-state index contributed by atoms with van der Waals surface area (Å²) in [5.41, 5.74) is 1.46. The van der Waals surface area contributed by atoms with Crippen molar-refractivity contribution in [1.82, 2.24) is 9.80 Å². The lowest BCUT2D eigenvalue weighted by Crippen LogP contribution is -2.69. The molecule has 0 unspecified atom stereocenters. The fourth-order valence-corrected chi connectivity index (χ4v) is 6.90. The van der Waals surface area contributed by atoms with Gasteiger partial charge in [-0.3, -0.25) is 9.59 Å². The molecule has 2 saturated heterocycles. The molecule has 174 valence electrons. The van der Waals surface area contributed by atoms with Gasteiger partial charge < -0.3 is 9.80 Å². The number of carbonyl (C=O) groups is 2. The van der Waals surface area contributed by atoms with Crippen LogP contribution in [0.25, 0.3) is 0 Å². The maximum Gasteiger partial charge on any atom is 0.246 e. The number of halogens is 1. The Bertz CT molecular complexity index is 913. The molecule has 0 bridgehead atoms. The number of likely N-dealkylation sites (tertiary alicyclic amines) is 2. The highest BCUT2D eigenvalue weighted by atomic mass is 35.5. The molecule has 3 fully saturated rings. The number of benzene rings is 1. The van der Waals surface area contributed by atoms with Crippen LogP contribution in [0.2, 0.25) is 5.02 Å². The summed E-state index contributed by atoms with van der Waals surface area (Å²) in [4.78, 5) is 30.0. The first kappa shape index (κ1) is 23.4. The van der Waals surface area contributed by atoms with E-state index < -0.39 is 0 Å². The smallest absolute Gasteiger partial charge is 0.246 e. The summed E-state index contributed by atoms with van der Waals surface area (Å²) < 4.78 is 0. The van der Waals surface area contributed by atoms with Crippen molar-refractivity contribution in [2.45, 2.75) is 77.8 Å². The molecule has 1 saturated carbocycles. The van der Waals surface area contributed by atoms with Crippen molar-refractivity contribution in [3.05, 3.63) is 47.5 Å². The van der Waals surface area contributed by atoms with E-state index in [9.17, 15) is 9.59 Å². The third-order valence-electron chi connectivity index (χ3n) is 8.68. The average Bonchev–Trinajstić information content (AvgIpc) is 2.76. The molecule has 32 heavy (non-hydrogen) atoms. The predicted molar refractivity (Wildman–Crippen MR) is 130 cm³/mol. The van der Waals surface area contributed by atoms with Crippen LogP contribution in [0.4, 0.5) is 0 Å². The molecule has 0 radical (unpaired) electrons. The van der Waals surface area contributed by atoms with Gasteiger partial charge >= 0.3 is 0 Å². The number of hydrogen-bond donors (Lipinski definition) is 0. The molecule has 5 heteroatoms. The Kier molecular flexibility index (Phi) is 6.21. The second-order valence-corrected chi connectivity index (χ2v) is 11.6. The topological polar surface area (TPSA) is 40.6 Å². The summed E-state index contributed by atoms with van der Waals surface area (Å²) in [7, 11) is 0. The molecule has 1 aromatic carbocycles.